The summed E-state index contributed by atoms with van der Waals surface area (Å²) in [7, 11) is 1.57. The number of carbonyl (C=O) groups excluding carboxylic acids is 2. The smallest absolute Gasteiger partial charge is 0.276 e. The van der Waals surface area contributed by atoms with Gasteiger partial charge in [-0.2, -0.15) is 5.10 Å². The first kappa shape index (κ1) is 14.4. The third-order valence-corrected chi connectivity index (χ3v) is 3.32. The Bertz CT molecular complexity index is 507. The zero-order valence-electron chi connectivity index (χ0n) is 11.9. The molecule has 4 N–H and O–H groups in total. The molecule has 20 heavy (non-hydrogen) atoms. The molecule has 0 saturated heterocycles. The van der Waals surface area contributed by atoms with Crippen molar-refractivity contribution in [1.29, 1.82) is 0 Å². The Balaban J connectivity index is 1.97. The lowest BCUT2D eigenvalue weighted by molar-refractivity contribution is -0.121. The number of rotatable bonds is 6. The van der Waals surface area contributed by atoms with Crippen molar-refractivity contribution >= 4 is 17.5 Å². The van der Waals surface area contributed by atoms with E-state index in [1.54, 1.807) is 7.05 Å². The van der Waals surface area contributed by atoms with Crippen molar-refractivity contribution < 1.29 is 9.59 Å². The third kappa shape index (κ3) is 3.09. The van der Waals surface area contributed by atoms with Gasteiger partial charge in [0.2, 0.25) is 5.91 Å². The number of likely N-dealkylation sites (N-methyl/N-ethyl adjacent to an activating group) is 1. The van der Waals surface area contributed by atoms with Gasteiger partial charge in [0.05, 0.1) is 17.9 Å². The molecule has 0 atom stereocenters. The Morgan fingerprint density at radius 2 is 2.20 bits per heavy atom. The van der Waals surface area contributed by atoms with E-state index in [1.165, 1.54) is 4.90 Å². The number of carbonyl (C=O) groups is 2. The second-order valence-electron chi connectivity index (χ2n) is 5.19. The van der Waals surface area contributed by atoms with E-state index < -0.39 is 0 Å². The number of nitrogens with zero attached hydrogens (tertiary/aromatic N) is 2. The average molecular weight is 279 g/mol. The standard InChI is InChI=1S/C13H21N5O2/c1-3-6-15-9(19)7-18(2)13(20)12-10(14)11(16-17-12)8-4-5-8/h8H,3-7,14H2,1-2H3,(H,15,19)(H,16,17). The van der Waals surface area contributed by atoms with Gasteiger partial charge in [-0.3, -0.25) is 14.7 Å². The maximum atomic E-state index is 12.2. The van der Waals surface area contributed by atoms with Gasteiger partial charge in [-0.15, -0.1) is 0 Å². The molecule has 1 aromatic rings. The van der Waals surface area contributed by atoms with Gasteiger partial charge in [-0.1, -0.05) is 6.92 Å². The molecule has 1 saturated carbocycles. The zero-order chi connectivity index (χ0) is 14.7. The third-order valence-electron chi connectivity index (χ3n) is 3.32. The van der Waals surface area contributed by atoms with E-state index >= 15 is 0 Å². The van der Waals surface area contributed by atoms with Crippen molar-refractivity contribution in [1.82, 2.24) is 20.4 Å². The Morgan fingerprint density at radius 1 is 1.50 bits per heavy atom. The summed E-state index contributed by atoms with van der Waals surface area (Å²) >= 11 is 0. The van der Waals surface area contributed by atoms with Crippen molar-refractivity contribution in [2.45, 2.75) is 32.1 Å². The Hall–Kier alpha value is -2.05. The van der Waals surface area contributed by atoms with Crippen LogP contribution in [-0.2, 0) is 4.79 Å². The minimum absolute atomic E-state index is 0.00386. The number of hydrogen-bond acceptors (Lipinski definition) is 4. The molecule has 110 valence electrons. The van der Waals surface area contributed by atoms with Crippen LogP contribution in [0.4, 0.5) is 5.69 Å². The minimum Gasteiger partial charge on any atom is -0.395 e. The van der Waals surface area contributed by atoms with Crippen LogP contribution in [0.2, 0.25) is 0 Å². The molecule has 1 aromatic heterocycles. The molecule has 2 rings (SSSR count). The molecule has 0 aliphatic heterocycles. The molecule has 1 aliphatic rings. The molecular weight excluding hydrogens is 258 g/mol. The second kappa shape index (κ2) is 5.94. The average Bonchev–Trinajstić information content (AvgIpc) is 3.19. The predicted octanol–water partition coefficient (Wildman–Crippen LogP) is 0.467. The zero-order valence-corrected chi connectivity index (χ0v) is 11.9. The molecule has 1 heterocycles. The SMILES string of the molecule is CCCNC(=O)CN(C)C(=O)c1n[nH]c(C2CC2)c1N. The first-order chi connectivity index (χ1) is 9.54. The highest BCUT2D eigenvalue weighted by Crippen LogP contribution is 2.42. The number of anilines is 1. The van der Waals surface area contributed by atoms with Gasteiger partial charge in [0.25, 0.3) is 5.91 Å². The van der Waals surface area contributed by atoms with Crippen molar-refractivity contribution in [2.75, 3.05) is 25.9 Å². The van der Waals surface area contributed by atoms with Gasteiger partial charge >= 0.3 is 0 Å². The summed E-state index contributed by atoms with van der Waals surface area (Å²) in [5.74, 6) is -0.112. The van der Waals surface area contributed by atoms with Crippen molar-refractivity contribution in [3.8, 4) is 0 Å². The van der Waals surface area contributed by atoms with E-state index in [-0.39, 0.29) is 24.1 Å². The number of hydrogen-bond donors (Lipinski definition) is 3. The van der Waals surface area contributed by atoms with Gasteiger partial charge in [-0.05, 0) is 19.3 Å². The van der Waals surface area contributed by atoms with Gasteiger partial charge in [-0.25, -0.2) is 0 Å². The molecule has 0 aromatic carbocycles. The summed E-state index contributed by atoms with van der Waals surface area (Å²) in [5, 5.41) is 9.56. The highest BCUT2D eigenvalue weighted by molar-refractivity contribution is 5.99. The Morgan fingerprint density at radius 3 is 2.80 bits per heavy atom. The molecular formula is C13H21N5O2. The number of H-pyrrole nitrogens is 1. The number of nitrogen functional groups attached to an aromatic ring is 1. The molecule has 2 amide bonds. The molecule has 1 aliphatic carbocycles. The quantitative estimate of drug-likeness (QED) is 0.704. The molecule has 0 unspecified atom stereocenters. The number of nitrogens with two attached hydrogens (primary N) is 1. The van der Waals surface area contributed by atoms with Crippen molar-refractivity contribution in [2.24, 2.45) is 0 Å². The van der Waals surface area contributed by atoms with Gasteiger partial charge < -0.3 is 16.0 Å². The fourth-order valence-corrected chi connectivity index (χ4v) is 2.00. The number of amides is 2. The molecule has 0 bridgehead atoms. The summed E-state index contributed by atoms with van der Waals surface area (Å²) in [4.78, 5) is 25.1. The van der Waals surface area contributed by atoms with E-state index in [0.29, 0.717) is 18.2 Å². The van der Waals surface area contributed by atoms with Crippen LogP contribution in [0.1, 0.15) is 48.3 Å². The van der Waals surface area contributed by atoms with E-state index in [0.717, 1.165) is 25.0 Å². The molecule has 0 spiro atoms. The monoisotopic (exact) mass is 279 g/mol. The van der Waals surface area contributed by atoms with Crippen molar-refractivity contribution in [3.63, 3.8) is 0 Å². The number of nitrogens with one attached hydrogen (secondary N) is 2. The minimum atomic E-state index is -0.336. The van der Waals surface area contributed by atoms with E-state index in [9.17, 15) is 9.59 Å². The normalized spacial score (nSPS) is 14.1. The molecule has 1 fully saturated rings. The maximum Gasteiger partial charge on any atom is 0.276 e. The van der Waals surface area contributed by atoms with Crippen LogP contribution in [-0.4, -0.2) is 47.0 Å². The number of aromatic amines is 1. The fraction of sp³-hybridized carbons (Fsp3) is 0.615. The van der Waals surface area contributed by atoms with E-state index in [2.05, 4.69) is 15.5 Å². The highest BCUT2D eigenvalue weighted by atomic mass is 16.2. The fourth-order valence-electron chi connectivity index (χ4n) is 2.00. The van der Waals surface area contributed by atoms with Crippen LogP contribution in [0.3, 0.4) is 0 Å². The Kier molecular flexibility index (Phi) is 4.26. The van der Waals surface area contributed by atoms with Crippen LogP contribution in [0.25, 0.3) is 0 Å². The van der Waals surface area contributed by atoms with Crippen molar-refractivity contribution in [3.05, 3.63) is 11.4 Å². The summed E-state index contributed by atoms with van der Waals surface area (Å²) in [5.41, 5.74) is 7.42. The highest BCUT2D eigenvalue weighted by Gasteiger charge is 2.31. The summed E-state index contributed by atoms with van der Waals surface area (Å²) < 4.78 is 0. The molecule has 0 radical (unpaired) electrons. The predicted molar refractivity (Wildman–Crippen MR) is 75.2 cm³/mol. The topological polar surface area (TPSA) is 104 Å². The summed E-state index contributed by atoms with van der Waals surface area (Å²) in [6.07, 6.45) is 3.02. The lowest BCUT2D eigenvalue weighted by Crippen LogP contribution is -2.38. The largest absolute Gasteiger partial charge is 0.395 e. The lowest BCUT2D eigenvalue weighted by atomic mass is 10.2. The Labute approximate surface area is 117 Å². The van der Waals surface area contributed by atoms with Gasteiger partial charge in [0.15, 0.2) is 5.69 Å². The van der Waals surface area contributed by atoms with Gasteiger partial charge in [0, 0.05) is 19.5 Å². The van der Waals surface area contributed by atoms with Gasteiger partial charge in [0.1, 0.15) is 0 Å². The maximum absolute atomic E-state index is 12.2. The van der Waals surface area contributed by atoms with Crippen LogP contribution < -0.4 is 11.1 Å². The van der Waals surface area contributed by atoms with Crippen LogP contribution in [0, 0.1) is 0 Å². The van der Waals surface area contributed by atoms with Crippen LogP contribution >= 0.6 is 0 Å². The van der Waals surface area contributed by atoms with E-state index in [1.807, 2.05) is 6.92 Å². The van der Waals surface area contributed by atoms with E-state index in [4.69, 9.17) is 5.73 Å². The lowest BCUT2D eigenvalue weighted by Gasteiger charge is -2.15. The van der Waals surface area contributed by atoms with Crippen LogP contribution in [0.15, 0.2) is 0 Å². The number of aromatic nitrogens is 2. The molecule has 7 heteroatoms. The first-order valence-electron chi connectivity index (χ1n) is 6.90. The van der Waals surface area contributed by atoms with Crippen LogP contribution in [0.5, 0.6) is 0 Å². The summed E-state index contributed by atoms with van der Waals surface area (Å²) in [6, 6.07) is 0. The molecule has 7 nitrogen and oxygen atoms in total. The first-order valence-corrected chi connectivity index (χ1v) is 6.90. The second-order valence-corrected chi connectivity index (χ2v) is 5.19. The summed E-state index contributed by atoms with van der Waals surface area (Å²) in [6.45, 7) is 2.58.